The van der Waals surface area contributed by atoms with Gasteiger partial charge in [0.1, 0.15) is 11.6 Å². The SMILES string of the molecule is C.CCC[C@@H](COc1ccc2c(c1)OCO2)[C@@H](CCC)c1ccc(F)cc1. The summed E-state index contributed by atoms with van der Waals surface area (Å²) in [6, 6.07) is 12.6. The van der Waals surface area contributed by atoms with Gasteiger partial charge in [-0.3, -0.25) is 0 Å². The van der Waals surface area contributed by atoms with E-state index in [1.807, 2.05) is 30.3 Å². The highest BCUT2D eigenvalue weighted by Crippen LogP contribution is 2.37. The minimum absolute atomic E-state index is 0. The molecule has 0 amide bonds. The fourth-order valence-electron chi connectivity index (χ4n) is 3.64. The molecule has 1 aliphatic heterocycles. The van der Waals surface area contributed by atoms with Gasteiger partial charge in [-0.2, -0.15) is 0 Å². The second kappa shape index (κ2) is 10.2. The van der Waals surface area contributed by atoms with Gasteiger partial charge in [-0.15, -0.1) is 0 Å². The van der Waals surface area contributed by atoms with Gasteiger partial charge in [0.15, 0.2) is 11.5 Å². The Kier molecular flexibility index (Phi) is 7.96. The monoisotopic (exact) mass is 374 g/mol. The number of hydrogen-bond acceptors (Lipinski definition) is 3. The molecule has 27 heavy (non-hydrogen) atoms. The molecule has 0 saturated carbocycles. The lowest BCUT2D eigenvalue weighted by atomic mass is 9.81. The highest BCUT2D eigenvalue weighted by molar-refractivity contribution is 5.46. The van der Waals surface area contributed by atoms with Gasteiger partial charge in [-0.05, 0) is 54.5 Å². The summed E-state index contributed by atoms with van der Waals surface area (Å²) in [5.41, 5.74) is 1.20. The van der Waals surface area contributed by atoms with Crippen molar-refractivity contribution in [2.75, 3.05) is 13.4 Å². The second-order valence-corrected chi connectivity index (χ2v) is 6.82. The van der Waals surface area contributed by atoms with Crippen molar-refractivity contribution in [2.24, 2.45) is 5.92 Å². The average Bonchev–Trinajstić information content (AvgIpc) is 3.12. The lowest BCUT2D eigenvalue weighted by Gasteiger charge is -2.27. The topological polar surface area (TPSA) is 27.7 Å². The molecule has 0 spiro atoms. The molecule has 3 rings (SSSR count). The number of hydrogen-bond donors (Lipinski definition) is 0. The molecule has 0 fully saturated rings. The zero-order valence-electron chi connectivity index (χ0n) is 15.5. The van der Waals surface area contributed by atoms with Gasteiger partial charge >= 0.3 is 0 Å². The summed E-state index contributed by atoms with van der Waals surface area (Å²) < 4.78 is 30.2. The summed E-state index contributed by atoms with van der Waals surface area (Å²) in [5.74, 6) is 2.86. The maximum absolute atomic E-state index is 13.3. The predicted molar refractivity (Wildman–Crippen MR) is 107 cm³/mol. The maximum atomic E-state index is 13.3. The van der Waals surface area contributed by atoms with E-state index in [4.69, 9.17) is 14.2 Å². The summed E-state index contributed by atoms with van der Waals surface area (Å²) in [6.07, 6.45) is 4.33. The molecule has 148 valence electrons. The number of halogens is 1. The van der Waals surface area contributed by atoms with E-state index in [1.54, 1.807) is 12.1 Å². The van der Waals surface area contributed by atoms with Crippen molar-refractivity contribution in [1.29, 1.82) is 0 Å². The van der Waals surface area contributed by atoms with E-state index in [1.165, 1.54) is 5.56 Å². The van der Waals surface area contributed by atoms with Gasteiger partial charge in [0.25, 0.3) is 0 Å². The van der Waals surface area contributed by atoms with Gasteiger partial charge in [0, 0.05) is 6.07 Å². The Morgan fingerprint density at radius 2 is 1.67 bits per heavy atom. The highest BCUT2D eigenvalue weighted by Gasteiger charge is 2.23. The molecule has 0 aliphatic carbocycles. The van der Waals surface area contributed by atoms with Crippen molar-refractivity contribution in [3.63, 3.8) is 0 Å². The number of ether oxygens (including phenoxy) is 3. The quantitative estimate of drug-likeness (QED) is 0.497. The molecule has 2 aromatic carbocycles. The number of rotatable bonds is 9. The molecule has 0 unspecified atom stereocenters. The fraction of sp³-hybridized carbons (Fsp3) is 0.478. The summed E-state index contributed by atoms with van der Waals surface area (Å²) >= 11 is 0. The maximum Gasteiger partial charge on any atom is 0.231 e. The average molecular weight is 374 g/mol. The second-order valence-electron chi connectivity index (χ2n) is 6.82. The fourth-order valence-corrected chi connectivity index (χ4v) is 3.64. The zero-order valence-corrected chi connectivity index (χ0v) is 15.5. The first kappa shape index (κ1) is 21.1. The first-order valence-electron chi connectivity index (χ1n) is 9.49. The molecule has 0 radical (unpaired) electrons. The van der Waals surface area contributed by atoms with E-state index >= 15 is 0 Å². The van der Waals surface area contributed by atoms with Crippen LogP contribution in [0, 0.1) is 11.7 Å². The van der Waals surface area contributed by atoms with Crippen LogP contribution in [0.25, 0.3) is 0 Å². The van der Waals surface area contributed by atoms with E-state index in [0.29, 0.717) is 18.4 Å². The predicted octanol–water partition coefficient (Wildman–Crippen LogP) is 6.57. The zero-order chi connectivity index (χ0) is 18.4. The van der Waals surface area contributed by atoms with Crippen LogP contribution in [0.15, 0.2) is 42.5 Å². The summed E-state index contributed by atoms with van der Waals surface area (Å²) in [7, 11) is 0. The van der Waals surface area contributed by atoms with Crippen molar-refractivity contribution in [2.45, 2.75) is 52.9 Å². The van der Waals surface area contributed by atoms with E-state index in [0.717, 1.165) is 42.9 Å². The third-order valence-corrected chi connectivity index (χ3v) is 4.93. The van der Waals surface area contributed by atoms with E-state index in [-0.39, 0.29) is 20.0 Å². The van der Waals surface area contributed by atoms with Crippen LogP contribution in [0.2, 0.25) is 0 Å². The highest BCUT2D eigenvalue weighted by atomic mass is 19.1. The summed E-state index contributed by atoms with van der Waals surface area (Å²) in [5, 5.41) is 0. The van der Waals surface area contributed by atoms with Crippen LogP contribution in [-0.2, 0) is 0 Å². The van der Waals surface area contributed by atoms with E-state index < -0.39 is 0 Å². The molecule has 0 N–H and O–H groups in total. The first-order valence-corrected chi connectivity index (χ1v) is 9.49. The van der Waals surface area contributed by atoms with Crippen LogP contribution in [-0.4, -0.2) is 13.4 Å². The molecule has 4 heteroatoms. The van der Waals surface area contributed by atoms with Crippen LogP contribution < -0.4 is 14.2 Å². The van der Waals surface area contributed by atoms with Crippen LogP contribution in [0.4, 0.5) is 4.39 Å². The lowest BCUT2D eigenvalue weighted by molar-refractivity contribution is 0.173. The Morgan fingerprint density at radius 3 is 2.37 bits per heavy atom. The van der Waals surface area contributed by atoms with Crippen molar-refractivity contribution in [3.8, 4) is 17.2 Å². The van der Waals surface area contributed by atoms with Crippen LogP contribution in [0.5, 0.6) is 17.2 Å². The molecule has 2 atom stereocenters. The van der Waals surface area contributed by atoms with Crippen LogP contribution in [0.3, 0.4) is 0 Å². The molecule has 2 aromatic rings. The normalized spacial score (nSPS) is 14.3. The molecule has 1 heterocycles. The third kappa shape index (κ3) is 5.38. The Labute approximate surface area is 162 Å². The Hall–Kier alpha value is -2.23. The lowest BCUT2D eigenvalue weighted by Crippen LogP contribution is -2.20. The van der Waals surface area contributed by atoms with Crippen molar-refractivity contribution >= 4 is 0 Å². The minimum Gasteiger partial charge on any atom is -0.493 e. The van der Waals surface area contributed by atoms with E-state index in [2.05, 4.69) is 13.8 Å². The van der Waals surface area contributed by atoms with Crippen molar-refractivity contribution < 1.29 is 18.6 Å². The van der Waals surface area contributed by atoms with Gasteiger partial charge < -0.3 is 14.2 Å². The molecule has 0 saturated heterocycles. The molecule has 0 bridgehead atoms. The van der Waals surface area contributed by atoms with Crippen LogP contribution >= 0.6 is 0 Å². The summed E-state index contributed by atoms with van der Waals surface area (Å²) in [6.45, 7) is 5.29. The largest absolute Gasteiger partial charge is 0.493 e. The minimum atomic E-state index is -0.187. The van der Waals surface area contributed by atoms with E-state index in [9.17, 15) is 4.39 Å². The standard InChI is InChI=1S/C22H27FO3.CH4/c1-3-5-17(20(6-4-2)16-7-9-18(23)10-8-16)14-24-19-11-12-21-22(13-19)26-15-25-21;/h7-13,17,20H,3-6,14-15H2,1-2H3;1H4/t17-,20-;/m0./s1. The first-order chi connectivity index (χ1) is 12.7. The van der Waals surface area contributed by atoms with Gasteiger partial charge in [-0.25, -0.2) is 4.39 Å². The third-order valence-electron chi connectivity index (χ3n) is 4.93. The Balaban J connectivity index is 0.00000261. The number of benzene rings is 2. The molecule has 0 aromatic heterocycles. The van der Waals surface area contributed by atoms with Gasteiger partial charge in [0.05, 0.1) is 6.61 Å². The summed E-state index contributed by atoms with van der Waals surface area (Å²) in [4.78, 5) is 0. The van der Waals surface area contributed by atoms with Gasteiger partial charge in [0.2, 0.25) is 6.79 Å². The van der Waals surface area contributed by atoms with Crippen molar-refractivity contribution in [3.05, 3.63) is 53.8 Å². The van der Waals surface area contributed by atoms with Crippen molar-refractivity contribution in [1.82, 2.24) is 0 Å². The van der Waals surface area contributed by atoms with Crippen LogP contribution in [0.1, 0.15) is 58.4 Å². The molecule has 3 nitrogen and oxygen atoms in total. The molecule has 1 aliphatic rings. The number of fused-ring (bicyclic) bond motifs is 1. The molecular weight excluding hydrogens is 343 g/mol. The Bertz CT molecular complexity index is 699. The molecular formula is C23H31FO3. The smallest absolute Gasteiger partial charge is 0.231 e. The van der Waals surface area contributed by atoms with Gasteiger partial charge in [-0.1, -0.05) is 46.2 Å². The Morgan fingerprint density at radius 1 is 0.963 bits per heavy atom.